The maximum absolute atomic E-state index is 8.74. The van der Waals surface area contributed by atoms with Crippen molar-refractivity contribution in [2.75, 3.05) is 0 Å². The monoisotopic (exact) mass is 116 g/mol. The van der Waals surface area contributed by atoms with Gasteiger partial charge in [0.15, 0.2) is 6.23 Å². The highest BCUT2D eigenvalue weighted by molar-refractivity contribution is 4.93. The van der Waals surface area contributed by atoms with Crippen LogP contribution >= 0.6 is 0 Å². The summed E-state index contributed by atoms with van der Waals surface area (Å²) in [4.78, 5) is 0. The number of hydrogen-bond acceptors (Lipinski definition) is 4. The summed E-state index contributed by atoms with van der Waals surface area (Å²) in [5.41, 5.74) is 4.92. The minimum absolute atomic E-state index is 0.795. The summed E-state index contributed by atoms with van der Waals surface area (Å²) in [6, 6.07) is 0. The zero-order chi connectivity index (χ0) is 5.98. The van der Waals surface area contributed by atoms with Crippen molar-refractivity contribution < 1.29 is 10.2 Å². The molecule has 4 N–H and O–H groups in total. The topological polar surface area (TPSA) is 64.5 Å². The lowest BCUT2D eigenvalue weighted by Gasteiger charge is -2.19. The Morgan fingerprint density at radius 3 is 2.50 bits per heavy atom. The van der Waals surface area contributed by atoms with Gasteiger partial charge in [-0.05, 0) is 6.08 Å². The van der Waals surface area contributed by atoms with Gasteiger partial charge in [-0.25, -0.2) is 5.43 Å². The summed E-state index contributed by atoms with van der Waals surface area (Å²) in [7, 11) is 0. The van der Waals surface area contributed by atoms with Gasteiger partial charge in [0.05, 0.1) is 0 Å². The fraction of sp³-hybridized carbons (Fsp3) is 0.500. The SMILES string of the molecule is OC1C=CNNC1O. The molecular weight excluding hydrogens is 108 g/mol. The van der Waals surface area contributed by atoms with Crippen LogP contribution in [-0.4, -0.2) is 22.5 Å². The second-order valence-corrected chi connectivity index (χ2v) is 1.58. The molecule has 0 aromatic carbocycles. The van der Waals surface area contributed by atoms with Crippen LogP contribution in [0.5, 0.6) is 0 Å². The van der Waals surface area contributed by atoms with Gasteiger partial charge in [0.25, 0.3) is 0 Å². The van der Waals surface area contributed by atoms with E-state index in [1.807, 2.05) is 0 Å². The van der Waals surface area contributed by atoms with E-state index < -0.39 is 12.3 Å². The van der Waals surface area contributed by atoms with Crippen molar-refractivity contribution in [2.45, 2.75) is 12.3 Å². The summed E-state index contributed by atoms with van der Waals surface area (Å²) in [6.45, 7) is 0. The molecule has 46 valence electrons. The number of hydrogen-bond donors (Lipinski definition) is 4. The maximum Gasteiger partial charge on any atom is 0.150 e. The van der Waals surface area contributed by atoms with Crippen molar-refractivity contribution in [3.05, 3.63) is 12.3 Å². The Balaban J connectivity index is 2.47. The Labute approximate surface area is 46.8 Å². The molecule has 4 nitrogen and oxygen atoms in total. The number of aliphatic hydroxyl groups excluding tert-OH is 2. The summed E-state index contributed by atoms with van der Waals surface area (Å²) in [5, 5.41) is 17.4. The Bertz CT molecular complexity index is 104. The maximum atomic E-state index is 8.74. The molecule has 1 aliphatic heterocycles. The quantitative estimate of drug-likeness (QED) is 0.304. The fourth-order valence-corrected chi connectivity index (χ4v) is 0.471. The van der Waals surface area contributed by atoms with Gasteiger partial charge in [0.2, 0.25) is 0 Å². The number of nitrogens with one attached hydrogen (secondary N) is 2. The van der Waals surface area contributed by atoms with Crippen LogP contribution in [0.1, 0.15) is 0 Å². The van der Waals surface area contributed by atoms with E-state index in [1.54, 1.807) is 0 Å². The largest absolute Gasteiger partial charge is 0.385 e. The first-order valence-electron chi connectivity index (χ1n) is 2.34. The Kier molecular flexibility index (Phi) is 1.48. The van der Waals surface area contributed by atoms with E-state index in [-0.39, 0.29) is 0 Å². The average Bonchev–Trinajstić information content (AvgIpc) is 1.77. The van der Waals surface area contributed by atoms with Gasteiger partial charge in [-0.1, -0.05) is 0 Å². The smallest absolute Gasteiger partial charge is 0.150 e. The van der Waals surface area contributed by atoms with Crippen LogP contribution in [0.4, 0.5) is 0 Å². The van der Waals surface area contributed by atoms with E-state index in [2.05, 4.69) is 10.9 Å². The third-order valence-corrected chi connectivity index (χ3v) is 0.931. The molecule has 0 amide bonds. The molecule has 0 aliphatic carbocycles. The van der Waals surface area contributed by atoms with Crippen LogP contribution in [0.2, 0.25) is 0 Å². The first kappa shape index (κ1) is 5.55. The highest BCUT2D eigenvalue weighted by Gasteiger charge is 2.13. The predicted molar refractivity (Wildman–Crippen MR) is 27.4 cm³/mol. The molecular formula is C4H8N2O2. The molecule has 2 atom stereocenters. The summed E-state index contributed by atoms with van der Waals surface area (Å²) < 4.78 is 0. The molecule has 1 aliphatic rings. The molecule has 0 aromatic heterocycles. The van der Waals surface area contributed by atoms with Gasteiger partial charge in [-0.15, -0.1) is 0 Å². The molecule has 1 heterocycles. The molecule has 0 saturated carbocycles. The van der Waals surface area contributed by atoms with Crippen molar-refractivity contribution in [3.8, 4) is 0 Å². The standard InChI is InChI=1S/C4H8N2O2/c7-3-1-2-5-6-4(3)8/h1-8H. The number of aliphatic hydroxyl groups is 2. The van der Waals surface area contributed by atoms with Crippen molar-refractivity contribution in [1.82, 2.24) is 10.9 Å². The van der Waals surface area contributed by atoms with Crippen LogP contribution in [0.25, 0.3) is 0 Å². The van der Waals surface area contributed by atoms with E-state index in [0.717, 1.165) is 0 Å². The third-order valence-electron chi connectivity index (χ3n) is 0.931. The molecule has 2 unspecified atom stereocenters. The minimum atomic E-state index is -0.889. The van der Waals surface area contributed by atoms with Crippen LogP contribution in [0.15, 0.2) is 12.3 Å². The molecule has 0 saturated heterocycles. The molecule has 0 radical (unpaired) electrons. The van der Waals surface area contributed by atoms with Gasteiger partial charge in [0, 0.05) is 6.20 Å². The summed E-state index contributed by atoms with van der Waals surface area (Å²) >= 11 is 0. The van der Waals surface area contributed by atoms with E-state index in [1.165, 1.54) is 12.3 Å². The highest BCUT2D eigenvalue weighted by atomic mass is 16.3. The Hall–Kier alpha value is -0.580. The second kappa shape index (κ2) is 2.13. The van der Waals surface area contributed by atoms with Crippen LogP contribution in [0, 0.1) is 0 Å². The van der Waals surface area contributed by atoms with E-state index >= 15 is 0 Å². The van der Waals surface area contributed by atoms with Crippen molar-refractivity contribution in [3.63, 3.8) is 0 Å². The van der Waals surface area contributed by atoms with Gasteiger partial charge < -0.3 is 15.6 Å². The van der Waals surface area contributed by atoms with Gasteiger partial charge in [0.1, 0.15) is 6.10 Å². The fourth-order valence-electron chi connectivity index (χ4n) is 0.471. The third kappa shape index (κ3) is 0.975. The lowest BCUT2D eigenvalue weighted by atomic mass is 10.3. The lowest BCUT2D eigenvalue weighted by Crippen LogP contribution is -2.47. The van der Waals surface area contributed by atoms with Gasteiger partial charge in [-0.3, -0.25) is 0 Å². The summed E-state index contributed by atoms with van der Waals surface area (Å²) in [6.07, 6.45) is 1.30. The zero-order valence-corrected chi connectivity index (χ0v) is 4.20. The van der Waals surface area contributed by atoms with E-state index in [0.29, 0.717) is 0 Å². The Morgan fingerprint density at radius 2 is 2.12 bits per heavy atom. The minimum Gasteiger partial charge on any atom is -0.385 e. The average molecular weight is 116 g/mol. The van der Waals surface area contributed by atoms with Gasteiger partial charge >= 0.3 is 0 Å². The number of hydrazine groups is 1. The lowest BCUT2D eigenvalue weighted by molar-refractivity contribution is 0.0117. The molecule has 0 spiro atoms. The van der Waals surface area contributed by atoms with Crippen molar-refractivity contribution in [1.29, 1.82) is 0 Å². The normalized spacial score (nSPS) is 36.8. The van der Waals surface area contributed by atoms with Crippen LogP contribution in [0.3, 0.4) is 0 Å². The molecule has 4 heteroatoms. The van der Waals surface area contributed by atoms with Crippen LogP contribution in [-0.2, 0) is 0 Å². The predicted octanol–water partition coefficient (Wildman–Crippen LogP) is -1.71. The second-order valence-electron chi connectivity index (χ2n) is 1.58. The first-order chi connectivity index (χ1) is 3.80. The van der Waals surface area contributed by atoms with E-state index in [4.69, 9.17) is 10.2 Å². The van der Waals surface area contributed by atoms with Crippen LogP contribution < -0.4 is 10.9 Å². The van der Waals surface area contributed by atoms with E-state index in [9.17, 15) is 0 Å². The number of rotatable bonds is 0. The Morgan fingerprint density at radius 1 is 1.38 bits per heavy atom. The molecule has 0 fully saturated rings. The van der Waals surface area contributed by atoms with Crippen molar-refractivity contribution in [2.24, 2.45) is 0 Å². The highest BCUT2D eigenvalue weighted by Crippen LogP contribution is 1.92. The molecule has 0 aromatic rings. The molecule has 8 heavy (non-hydrogen) atoms. The zero-order valence-electron chi connectivity index (χ0n) is 4.20. The molecule has 1 rings (SSSR count). The van der Waals surface area contributed by atoms with Crippen molar-refractivity contribution >= 4 is 0 Å². The molecule has 0 bridgehead atoms. The first-order valence-corrected chi connectivity index (χ1v) is 2.34. The van der Waals surface area contributed by atoms with Gasteiger partial charge in [-0.2, -0.15) is 0 Å². The summed E-state index contributed by atoms with van der Waals surface area (Å²) in [5.74, 6) is 0.